The average Bonchev–Trinajstić information content (AvgIpc) is 3.17. The SMILES string of the molecule is CN(C)C(=O)CN1CCN([C@H](C(=O)O)c2cn(Cc3ccccc3)c3cc(C(=O)O)ccc23)CC1. The predicted octanol–water partition coefficient (Wildman–Crippen LogP) is 2.22. The third-order valence-electron chi connectivity index (χ3n) is 6.51. The van der Waals surface area contributed by atoms with Gasteiger partial charge in [-0.3, -0.25) is 19.4 Å². The molecular weight excluding hydrogens is 448 g/mol. The van der Waals surface area contributed by atoms with Crippen LogP contribution in [0.15, 0.2) is 54.7 Å². The minimum Gasteiger partial charge on any atom is -0.480 e. The Kier molecular flexibility index (Phi) is 7.18. The lowest BCUT2D eigenvalue weighted by Crippen LogP contribution is -2.51. The number of aliphatic carboxylic acids is 1. The van der Waals surface area contributed by atoms with Crippen molar-refractivity contribution in [2.45, 2.75) is 12.6 Å². The zero-order valence-electron chi connectivity index (χ0n) is 19.9. The quantitative estimate of drug-likeness (QED) is 0.511. The van der Waals surface area contributed by atoms with Gasteiger partial charge in [-0.05, 0) is 17.7 Å². The predicted molar refractivity (Wildman–Crippen MR) is 132 cm³/mol. The van der Waals surface area contributed by atoms with E-state index >= 15 is 0 Å². The van der Waals surface area contributed by atoms with E-state index in [1.165, 1.54) is 6.07 Å². The molecular formula is C26H30N4O5. The van der Waals surface area contributed by atoms with E-state index in [0.29, 0.717) is 50.3 Å². The smallest absolute Gasteiger partial charge is 0.335 e. The lowest BCUT2D eigenvalue weighted by molar-refractivity contribution is -0.145. The number of likely N-dealkylation sites (N-methyl/N-ethyl adjacent to an activating group) is 1. The summed E-state index contributed by atoms with van der Waals surface area (Å²) >= 11 is 0. The first-order valence-corrected chi connectivity index (χ1v) is 11.5. The van der Waals surface area contributed by atoms with Gasteiger partial charge in [-0.25, -0.2) is 4.79 Å². The Bertz CT molecular complexity index is 1230. The van der Waals surface area contributed by atoms with Crippen LogP contribution in [0.4, 0.5) is 0 Å². The van der Waals surface area contributed by atoms with Gasteiger partial charge < -0.3 is 19.7 Å². The maximum atomic E-state index is 12.5. The first-order chi connectivity index (χ1) is 16.7. The minimum atomic E-state index is -1.03. The van der Waals surface area contributed by atoms with E-state index < -0.39 is 18.0 Å². The monoisotopic (exact) mass is 478 g/mol. The number of carboxylic acids is 2. The molecule has 1 aliphatic heterocycles. The molecule has 9 heteroatoms. The molecule has 184 valence electrons. The van der Waals surface area contributed by atoms with Crippen molar-refractivity contribution in [3.8, 4) is 0 Å². The molecule has 1 aromatic heterocycles. The Hall–Kier alpha value is -3.69. The molecule has 1 saturated heterocycles. The van der Waals surface area contributed by atoms with Gasteiger partial charge in [-0.1, -0.05) is 36.4 Å². The van der Waals surface area contributed by atoms with Crippen molar-refractivity contribution in [1.29, 1.82) is 0 Å². The van der Waals surface area contributed by atoms with E-state index in [0.717, 1.165) is 10.9 Å². The minimum absolute atomic E-state index is 0.0199. The fourth-order valence-electron chi connectivity index (χ4n) is 4.58. The Balaban J connectivity index is 1.66. The molecule has 1 aliphatic rings. The number of benzene rings is 2. The highest BCUT2D eigenvalue weighted by atomic mass is 16.4. The van der Waals surface area contributed by atoms with Crippen LogP contribution in [0, 0.1) is 0 Å². The molecule has 2 N–H and O–H groups in total. The molecule has 4 rings (SSSR count). The number of hydrogen-bond donors (Lipinski definition) is 2. The second-order valence-electron chi connectivity index (χ2n) is 9.08. The van der Waals surface area contributed by atoms with Crippen LogP contribution in [0.25, 0.3) is 10.9 Å². The summed E-state index contributed by atoms with van der Waals surface area (Å²) in [6.45, 7) is 3.01. The number of aromatic nitrogens is 1. The number of carbonyl (C=O) groups is 3. The molecule has 0 unspecified atom stereocenters. The van der Waals surface area contributed by atoms with Gasteiger partial charge in [0.2, 0.25) is 5.91 Å². The largest absolute Gasteiger partial charge is 0.480 e. The van der Waals surface area contributed by atoms with E-state index in [9.17, 15) is 24.6 Å². The van der Waals surface area contributed by atoms with Crippen LogP contribution in [0.2, 0.25) is 0 Å². The van der Waals surface area contributed by atoms with Crippen molar-refractivity contribution < 1.29 is 24.6 Å². The second-order valence-corrected chi connectivity index (χ2v) is 9.08. The Morgan fingerprint density at radius 2 is 1.66 bits per heavy atom. The lowest BCUT2D eigenvalue weighted by Gasteiger charge is -2.37. The normalized spacial score (nSPS) is 15.7. The number of rotatable bonds is 8. The highest BCUT2D eigenvalue weighted by Gasteiger charge is 2.33. The van der Waals surface area contributed by atoms with Gasteiger partial charge in [0.15, 0.2) is 0 Å². The second kappa shape index (κ2) is 10.3. The molecule has 1 amide bonds. The number of carboxylic acid groups (broad SMARTS) is 2. The first-order valence-electron chi connectivity index (χ1n) is 11.5. The van der Waals surface area contributed by atoms with Crippen molar-refractivity contribution in [2.24, 2.45) is 0 Å². The van der Waals surface area contributed by atoms with Gasteiger partial charge in [-0.2, -0.15) is 0 Å². The van der Waals surface area contributed by atoms with E-state index in [-0.39, 0.29) is 11.5 Å². The fraction of sp³-hybridized carbons (Fsp3) is 0.346. The van der Waals surface area contributed by atoms with E-state index in [4.69, 9.17) is 0 Å². The molecule has 9 nitrogen and oxygen atoms in total. The van der Waals surface area contributed by atoms with Gasteiger partial charge in [0.1, 0.15) is 6.04 Å². The summed E-state index contributed by atoms with van der Waals surface area (Å²) in [4.78, 5) is 41.7. The standard InChI is InChI=1S/C26H30N4O5/c1-27(2)23(31)17-28-10-12-29(13-11-28)24(26(34)35)21-16-30(15-18-6-4-3-5-7-18)22-14-19(25(32)33)8-9-20(21)22/h3-9,14,16,24H,10-13,15,17H2,1-2H3,(H,32,33)(H,34,35)/t24-/m0/s1. The lowest BCUT2D eigenvalue weighted by atomic mass is 10.0. The molecule has 1 fully saturated rings. The van der Waals surface area contributed by atoms with E-state index in [1.54, 1.807) is 31.1 Å². The van der Waals surface area contributed by atoms with Crippen LogP contribution in [0.5, 0.6) is 0 Å². The van der Waals surface area contributed by atoms with Gasteiger partial charge in [0.25, 0.3) is 0 Å². The summed E-state index contributed by atoms with van der Waals surface area (Å²) in [5.74, 6) is -1.96. The molecule has 0 saturated carbocycles. The Labute approximate surface area is 203 Å². The van der Waals surface area contributed by atoms with Crippen LogP contribution in [-0.2, 0) is 16.1 Å². The summed E-state index contributed by atoms with van der Waals surface area (Å²) in [5, 5.41) is 20.5. The topological polar surface area (TPSA) is 106 Å². The van der Waals surface area contributed by atoms with Crippen molar-refractivity contribution >= 4 is 28.7 Å². The molecule has 0 aliphatic carbocycles. The van der Waals surface area contributed by atoms with Crippen molar-refractivity contribution in [2.75, 3.05) is 46.8 Å². The van der Waals surface area contributed by atoms with Crippen LogP contribution in [0.1, 0.15) is 27.5 Å². The molecule has 2 heterocycles. The van der Waals surface area contributed by atoms with E-state index in [2.05, 4.69) is 0 Å². The highest BCUT2D eigenvalue weighted by Crippen LogP contribution is 2.32. The molecule has 3 aromatic rings. The summed E-state index contributed by atoms with van der Waals surface area (Å²) in [7, 11) is 3.44. The highest BCUT2D eigenvalue weighted by molar-refractivity contribution is 5.96. The number of amides is 1. The van der Waals surface area contributed by atoms with Crippen molar-refractivity contribution in [3.05, 3.63) is 71.4 Å². The summed E-state index contributed by atoms with van der Waals surface area (Å²) in [5.41, 5.74) is 2.51. The number of aromatic carboxylic acids is 1. The van der Waals surface area contributed by atoms with Crippen LogP contribution >= 0.6 is 0 Å². The maximum Gasteiger partial charge on any atom is 0.335 e. The van der Waals surface area contributed by atoms with Crippen LogP contribution in [-0.4, -0.2) is 94.1 Å². The zero-order valence-corrected chi connectivity index (χ0v) is 19.9. The number of carbonyl (C=O) groups excluding carboxylic acids is 1. The number of fused-ring (bicyclic) bond motifs is 1. The molecule has 0 radical (unpaired) electrons. The molecule has 1 atom stereocenters. The number of hydrogen-bond acceptors (Lipinski definition) is 5. The first kappa shape index (κ1) is 24.4. The third kappa shape index (κ3) is 5.36. The Morgan fingerprint density at radius 3 is 2.26 bits per heavy atom. The van der Waals surface area contributed by atoms with Gasteiger partial charge in [-0.15, -0.1) is 0 Å². The average molecular weight is 479 g/mol. The fourth-order valence-corrected chi connectivity index (χ4v) is 4.58. The van der Waals surface area contributed by atoms with Crippen molar-refractivity contribution in [3.63, 3.8) is 0 Å². The summed E-state index contributed by atoms with van der Waals surface area (Å²) in [6.07, 6.45) is 1.84. The van der Waals surface area contributed by atoms with Gasteiger partial charge in [0, 0.05) is 69.5 Å². The van der Waals surface area contributed by atoms with Gasteiger partial charge >= 0.3 is 11.9 Å². The van der Waals surface area contributed by atoms with E-state index in [1.807, 2.05) is 50.9 Å². The molecule has 2 aromatic carbocycles. The maximum absolute atomic E-state index is 12.5. The van der Waals surface area contributed by atoms with Crippen molar-refractivity contribution in [1.82, 2.24) is 19.3 Å². The zero-order chi connectivity index (χ0) is 25.1. The molecule has 35 heavy (non-hydrogen) atoms. The van der Waals surface area contributed by atoms with Crippen LogP contribution < -0.4 is 0 Å². The number of piperazine rings is 1. The third-order valence-corrected chi connectivity index (χ3v) is 6.51. The number of nitrogens with zero attached hydrogens (tertiary/aromatic N) is 4. The Morgan fingerprint density at radius 1 is 0.971 bits per heavy atom. The summed E-state index contributed by atoms with van der Waals surface area (Å²) in [6, 6.07) is 13.7. The summed E-state index contributed by atoms with van der Waals surface area (Å²) < 4.78 is 1.92. The van der Waals surface area contributed by atoms with Crippen LogP contribution in [0.3, 0.4) is 0 Å². The molecule has 0 spiro atoms. The van der Waals surface area contributed by atoms with Gasteiger partial charge in [0.05, 0.1) is 12.1 Å². The molecule has 0 bridgehead atoms.